The molecule has 0 saturated carbocycles. The van der Waals surface area contributed by atoms with E-state index in [2.05, 4.69) is 5.10 Å². The van der Waals surface area contributed by atoms with Gasteiger partial charge in [-0.1, -0.05) is 42.5 Å². The maximum atomic E-state index is 13.9. The highest BCUT2D eigenvalue weighted by molar-refractivity contribution is 6.33. The standard InChI is InChI=1S/C26H24N2O5/c1-4-32-20(29)14-19-21-24(28(27-19)16-10-6-5-7-11-16)33-25(2,3)15-26(21)22(30)17-12-8-9-13-18(17)23(26)31/h5-13H,4,14-15H2,1-3H3. The Morgan fingerprint density at radius 1 is 1.03 bits per heavy atom. The molecule has 3 aromatic rings. The fourth-order valence-corrected chi connectivity index (χ4v) is 5.04. The van der Waals surface area contributed by atoms with Crippen molar-refractivity contribution in [2.24, 2.45) is 0 Å². The van der Waals surface area contributed by atoms with Crippen molar-refractivity contribution in [2.45, 2.75) is 44.6 Å². The van der Waals surface area contributed by atoms with Gasteiger partial charge in [0.1, 0.15) is 11.0 Å². The number of para-hydroxylation sites is 1. The predicted molar refractivity (Wildman–Crippen MR) is 120 cm³/mol. The van der Waals surface area contributed by atoms with Crippen LogP contribution in [0.15, 0.2) is 54.6 Å². The lowest BCUT2D eigenvalue weighted by Crippen LogP contribution is -2.51. The minimum atomic E-state index is -1.50. The van der Waals surface area contributed by atoms with Crippen LogP contribution in [0.3, 0.4) is 0 Å². The van der Waals surface area contributed by atoms with Crippen LogP contribution in [0.1, 0.15) is 59.2 Å². The highest BCUT2D eigenvalue weighted by atomic mass is 16.5. The van der Waals surface area contributed by atoms with Gasteiger partial charge >= 0.3 is 5.97 Å². The molecule has 33 heavy (non-hydrogen) atoms. The fraction of sp³-hybridized carbons (Fsp3) is 0.308. The van der Waals surface area contributed by atoms with Crippen molar-refractivity contribution < 1.29 is 23.9 Å². The molecule has 1 aliphatic heterocycles. The van der Waals surface area contributed by atoms with Gasteiger partial charge in [0.05, 0.1) is 30.0 Å². The normalized spacial score (nSPS) is 17.4. The maximum Gasteiger partial charge on any atom is 0.311 e. The van der Waals surface area contributed by atoms with Crippen LogP contribution < -0.4 is 4.74 Å². The van der Waals surface area contributed by atoms with Gasteiger partial charge in [0, 0.05) is 17.5 Å². The number of benzene rings is 2. The number of carbonyl (C=O) groups is 3. The molecule has 7 heteroatoms. The highest BCUT2D eigenvalue weighted by Crippen LogP contribution is 2.53. The molecule has 1 spiro atoms. The largest absolute Gasteiger partial charge is 0.471 e. The summed E-state index contributed by atoms with van der Waals surface area (Å²) in [6.07, 6.45) is -0.0197. The summed E-state index contributed by atoms with van der Waals surface area (Å²) in [6, 6.07) is 16.2. The fourth-order valence-electron chi connectivity index (χ4n) is 5.04. The summed E-state index contributed by atoms with van der Waals surface area (Å²) in [5.74, 6) is -0.725. The molecule has 5 rings (SSSR count). The second kappa shape index (κ2) is 7.40. The number of carbonyl (C=O) groups excluding carboxylic acids is 3. The second-order valence-corrected chi connectivity index (χ2v) is 9.00. The molecule has 1 aromatic heterocycles. The third-order valence-corrected chi connectivity index (χ3v) is 6.22. The van der Waals surface area contributed by atoms with Gasteiger partial charge < -0.3 is 9.47 Å². The molecule has 0 saturated heterocycles. The number of hydrogen-bond acceptors (Lipinski definition) is 6. The molecule has 0 unspecified atom stereocenters. The number of rotatable bonds is 4. The lowest BCUT2D eigenvalue weighted by atomic mass is 9.67. The molecule has 1 aliphatic carbocycles. The summed E-state index contributed by atoms with van der Waals surface area (Å²) in [4.78, 5) is 40.3. The van der Waals surface area contributed by atoms with E-state index in [-0.39, 0.29) is 31.0 Å². The van der Waals surface area contributed by atoms with Gasteiger partial charge in [0.2, 0.25) is 5.88 Å². The molecule has 0 atom stereocenters. The summed E-state index contributed by atoms with van der Waals surface area (Å²) >= 11 is 0. The zero-order valence-corrected chi connectivity index (χ0v) is 18.8. The summed E-state index contributed by atoms with van der Waals surface area (Å²) in [7, 11) is 0. The van der Waals surface area contributed by atoms with Crippen LogP contribution in [-0.4, -0.2) is 39.5 Å². The Labute approximate surface area is 191 Å². The van der Waals surface area contributed by atoms with Gasteiger partial charge in [-0.25, -0.2) is 4.68 Å². The van der Waals surface area contributed by atoms with E-state index in [4.69, 9.17) is 9.47 Å². The van der Waals surface area contributed by atoms with Crippen LogP contribution >= 0.6 is 0 Å². The van der Waals surface area contributed by atoms with Crippen molar-refractivity contribution in [1.29, 1.82) is 0 Å². The van der Waals surface area contributed by atoms with Crippen molar-refractivity contribution in [3.63, 3.8) is 0 Å². The molecule has 0 N–H and O–H groups in total. The van der Waals surface area contributed by atoms with Gasteiger partial charge in [-0.15, -0.1) is 0 Å². The molecule has 2 heterocycles. The average Bonchev–Trinajstić information content (AvgIpc) is 3.23. The second-order valence-electron chi connectivity index (χ2n) is 9.00. The van der Waals surface area contributed by atoms with E-state index in [0.29, 0.717) is 34.0 Å². The lowest BCUT2D eigenvalue weighted by Gasteiger charge is -2.41. The van der Waals surface area contributed by atoms with E-state index < -0.39 is 17.0 Å². The van der Waals surface area contributed by atoms with Crippen LogP contribution in [0, 0.1) is 0 Å². The molecule has 2 aromatic carbocycles. The summed E-state index contributed by atoms with van der Waals surface area (Å²) < 4.78 is 13.1. The zero-order chi connectivity index (χ0) is 23.4. The average molecular weight is 444 g/mol. The first kappa shape index (κ1) is 21.1. The molecular weight excluding hydrogens is 420 g/mol. The van der Waals surface area contributed by atoms with Crippen LogP contribution in [0.25, 0.3) is 5.69 Å². The SMILES string of the molecule is CCOC(=O)Cc1nn(-c2ccccc2)c2c1C1(CC(C)(C)O2)C(=O)c2ccccc2C1=O. The minimum Gasteiger partial charge on any atom is -0.471 e. The number of fused-ring (bicyclic) bond motifs is 3. The van der Waals surface area contributed by atoms with E-state index in [1.807, 2.05) is 44.2 Å². The number of esters is 1. The van der Waals surface area contributed by atoms with E-state index >= 15 is 0 Å². The number of Topliss-reactive ketones (excluding diaryl/α,β-unsaturated/α-hetero) is 2. The van der Waals surface area contributed by atoms with E-state index in [1.165, 1.54) is 0 Å². The monoisotopic (exact) mass is 444 g/mol. The molecule has 2 aliphatic rings. The predicted octanol–water partition coefficient (Wildman–Crippen LogP) is 3.86. The Morgan fingerprint density at radius 3 is 2.24 bits per heavy atom. The minimum absolute atomic E-state index is 0.148. The number of aromatic nitrogens is 2. The molecular formula is C26H24N2O5. The first-order valence-corrected chi connectivity index (χ1v) is 11.0. The Bertz CT molecular complexity index is 1250. The Morgan fingerprint density at radius 2 is 1.64 bits per heavy atom. The third-order valence-electron chi connectivity index (χ3n) is 6.22. The van der Waals surface area contributed by atoms with Crippen molar-refractivity contribution in [2.75, 3.05) is 6.61 Å². The molecule has 0 bridgehead atoms. The topological polar surface area (TPSA) is 87.5 Å². The van der Waals surface area contributed by atoms with Crippen molar-refractivity contribution in [3.05, 3.63) is 77.0 Å². The van der Waals surface area contributed by atoms with E-state index in [9.17, 15) is 14.4 Å². The smallest absolute Gasteiger partial charge is 0.311 e. The van der Waals surface area contributed by atoms with Gasteiger partial charge in [0.15, 0.2) is 11.6 Å². The van der Waals surface area contributed by atoms with Crippen LogP contribution in [0.2, 0.25) is 0 Å². The summed E-state index contributed by atoms with van der Waals surface area (Å²) in [5.41, 5.74) is -0.167. The Hall–Kier alpha value is -3.74. The molecule has 0 amide bonds. The first-order chi connectivity index (χ1) is 15.8. The molecule has 7 nitrogen and oxygen atoms in total. The van der Waals surface area contributed by atoms with E-state index in [0.717, 1.165) is 0 Å². The number of ether oxygens (including phenoxy) is 2. The first-order valence-electron chi connectivity index (χ1n) is 11.0. The van der Waals surface area contributed by atoms with Crippen molar-refractivity contribution in [1.82, 2.24) is 9.78 Å². The summed E-state index contributed by atoms with van der Waals surface area (Å²) in [6.45, 7) is 5.66. The van der Waals surface area contributed by atoms with Crippen LogP contribution in [0.5, 0.6) is 5.88 Å². The summed E-state index contributed by atoms with van der Waals surface area (Å²) in [5, 5.41) is 4.69. The number of nitrogens with zero attached hydrogens (tertiary/aromatic N) is 2. The maximum absolute atomic E-state index is 13.9. The van der Waals surface area contributed by atoms with Gasteiger partial charge in [-0.3, -0.25) is 14.4 Å². The van der Waals surface area contributed by atoms with Crippen LogP contribution in [-0.2, 0) is 21.4 Å². The number of ketones is 2. The highest BCUT2D eigenvalue weighted by Gasteiger charge is 2.62. The van der Waals surface area contributed by atoms with E-state index in [1.54, 1.807) is 35.9 Å². The Balaban J connectivity index is 1.80. The Kier molecular flexibility index (Phi) is 4.74. The van der Waals surface area contributed by atoms with Gasteiger partial charge in [-0.05, 0) is 32.9 Å². The quantitative estimate of drug-likeness (QED) is 0.449. The van der Waals surface area contributed by atoms with Crippen LogP contribution in [0.4, 0.5) is 0 Å². The third kappa shape index (κ3) is 3.10. The zero-order valence-electron chi connectivity index (χ0n) is 18.8. The molecule has 168 valence electrons. The number of hydrogen-bond donors (Lipinski definition) is 0. The van der Waals surface area contributed by atoms with Crippen molar-refractivity contribution >= 4 is 17.5 Å². The van der Waals surface area contributed by atoms with Gasteiger partial charge in [-0.2, -0.15) is 5.10 Å². The molecule has 0 fully saturated rings. The van der Waals surface area contributed by atoms with Gasteiger partial charge in [0.25, 0.3) is 0 Å². The lowest BCUT2D eigenvalue weighted by molar-refractivity contribution is -0.142. The van der Waals surface area contributed by atoms with Crippen molar-refractivity contribution in [3.8, 4) is 11.6 Å². The molecule has 0 radical (unpaired) electrons.